The van der Waals surface area contributed by atoms with Gasteiger partial charge >= 0.3 is 0 Å². The summed E-state index contributed by atoms with van der Waals surface area (Å²) in [5.74, 6) is -0.0328. The van der Waals surface area contributed by atoms with E-state index in [1.54, 1.807) is 6.92 Å². The van der Waals surface area contributed by atoms with Crippen molar-refractivity contribution in [3.63, 3.8) is 0 Å². The highest BCUT2D eigenvalue weighted by Crippen LogP contribution is 2.35. The highest BCUT2D eigenvalue weighted by atomic mass is 31.0. The van der Waals surface area contributed by atoms with E-state index in [0.717, 1.165) is 36.0 Å². The molecule has 0 amide bonds. The van der Waals surface area contributed by atoms with Crippen molar-refractivity contribution in [2.75, 3.05) is 0 Å². The maximum absolute atomic E-state index is 14.2. The predicted molar refractivity (Wildman–Crippen MR) is 120 cm³/mol. The predicted octanol–water partition coefficient (Wildman–Crippen LogP) is 7.27. The third-order valence-electron chi connectivity index (χ3n) is 5.00. The van der Waals surface area contributed by atoms with Crippen LogP contribution in [0.4, 0.5) is 4.39 Å². The summed E-state index contributed by atoms with van der Waals surface area (Å²) in [4.78, 5) is 0. The lowest BCUT2D eigenvalue weighted by atomic mass is 9.80. The minimum Gasteiger partial charge on any atom is -0.300 e. The standard InChI is InChI=1S/C24H31FNP/c1-4-6-7-11-19-16-23(25)17(3)15-22(19)24(26)21-12-9-8-10-18(21)13-14-20(27)5-2/h6-10,12-15,19-20,26H,4-5,11,16,27H2,1-3H3/b7-6?,14-13-,26-24?. The summed E-state index contributed by atoms with van der Waals surface area (Å²) in [6, 6.07) is 8.02. The second-order valence-corrected chi connectivity index (χ2v) is 7.95. The fourth-order valence-corrected chi connectivity index (χ4v) is 3.33. The SMILES string of the molecule is CCC=CCC1CC(F)=C(C)C=C1C(=N)c1ccccc1/C=C\C(P)CC. The van der Waals surface area contributed by atoms with Gasteiger partial charge in [0.05, 0.1) is 5.71 Å². The van der Waals surface area contributed by atoms with Crippen LogP contribution in [-0.4, -0.2) is 11.4 Å². The summed E-state index contributed by atoms with van der Waals surface area (Å²) >= 11 is 0. The zero-order valence-electron chi connectivity index (χ0n) is 16.6. The maximum atomic E-state index is 14.2. The van der Waals surface area contributed by atoms with Crippen molar-refractivity contribution >= 4 is 21.0 Å². The molecule has 3 heteroatoms. The topological polar surface area (TPSA) is 23.9 Å². The van der Waals surface area contributed by atoms with E-state index in [1.165, 1.54) is 0 Å². The average Bonchev–Trinajstić information content (AvgIpc) is 2.68. The Labute approximate surface area is 165 Å². The molecule has 0 bridgehead atoms. The number of benzene rings is 1. The molecule has 1 N–H and O–H groups in total. The minimum atomic E-state index is -0.0524. The molecule has 3 unspecified atom stereocenters. The Bertz CT molecular complexity index is 785. The number of halogens is 1. The van der Waals surface area contributed by atoms with Crippen molar-refractivity contribution in [2.45, 2.75) is 52.1 Å². The number of rotatable bonds is 8. The van der Waals surface area contributed by atoms with Crippen LogP contribution < -0.4 is 0 Å². The molecule has 1 aliphatic rings. The van der Waals surface area contributed by atoms with Crippen LogP contribution in [0.15, 0.2) is 65.5 Å². The van der Waals surface area contributed by atoms with Crippen LogP contribution >= 0.6 is 9.24 Å². The Morgan fingerprint density at radius 2 is 2.04 bits per heavy atom. The molecule has 0 saturated carbocycles. The van der Waals surface area contributed by atoms with Gasteiger partial charge in [-0.2, -0.15) is 0 Å². The van der Waals surface area contributed by atoms with Crippen molar-refractivity contribution in [2.24, 2.45) is 5.92 Å². The number of hydrogen-bond acceptors (Lipinski definition) is 1. The van der Waals surface area contributed by atoms with E-state index in [-0.39, 0.29) is 11.7 Å². The van der Waals surface area contributed by atoms with Crippen LogP contribution in [0.25, 0.3) is 6.08 Å². The Morgan fingerprint density at radius 3 is 2.74 bits per heavy atom. The minimum absolute atomic E-state index is 0.0196. The van der Waals surface area contributed by atoms with Gasteiger partial charge in [0.2, 0.25) is 0 Å². The van der Waals surface area contributed by atoms with Crippen molar-refractivity contribution in [1.82, 2.24) is 0 Å². The Balaban J connectivity index is 2.37. The molecular weight excluding hydrogens is 352 g/mol. The molecule has 0 heterocycles. The second kappa shape index (κ2) is 10.5. The molecule has 1 aliphatic carbocycles. The fraction of sp³-hybridized carbons (Fsp3) is 0.375. The Hall–Kier alpha value is -1.79. The molecule has 144 valence electrons. The van der Waals surface area contributed by atoms with Gasteiger partial charge in [-0.15, -0.1) is 9.24 Å². The molecule has 1 aromatic carbocycles. The average molecular weight is 383 g/mol. The number of hydrogen-bond donors (Lipinski definition) is 1. The van der Waals surface area contributed by atoms with Crippen LogP contribution in [0.2, 0.25) is 0 Å². The van der Waals surface area contributed by atoms with E-state index in [4.69, 9.17) is 5.41 Å². The lowest BCUT2D eigenvalue weighted by Crippen LogP contribution is -2.18. The lowest BCUT2D eigenvalue weighted by Gasteiger charge is -2.25. The van der Waals surface area contributed by atoms with E-state index in [1.807, 2.05) is 30.3 Å². The van der Waals surface area contributed by atoms with E-state index >= 15 is 0 Å². The molecule has 0 fully saturated rings. The second-order valence-electron chi connectivity index (χ2n) is 7.10. The Morgan fingerprint density at radius 1 is 1.30 bits per heavy atom. The lowest BCUT2D eigenvalue weighted by molar-refractivity contribution is 0.500. The first-order valence-corrected chi connectivity index (χ1v) is 10.5. The zero-order chi connectivity index (χ0) is 19.8. The van der Waals surface area contributed by atoms with Gasteiger partial charge in [0.15, 0.2) is 0 Å². The molecule has 0 aromatic heterocycles. The van der Waals surface area contributed by atoms with E-state index in [0.29, 0.717) is 23.4 Å². The molecule has 27 heavy (non-hydrogen) atoms. The third kappa shape index (κ3) is 5.84. The van der Waals surface area contributed by atoms with Gasteiger partial charge in [0, 0.05) is 12.0 Å². The molecule has 1 aromatic rings. The van der Waals surface area contributed by atoms with E-state index < -0.39 is 0 Å². The molecule has 0 aliphatic heterocycles. The van der Waals surface area contributed by atoms with Crippen molar-refractivity contribution in [3.8, 4) is 0 Å². The van der Waals surface area contributed by atoms with Crippen LogP contribution in [0, 0.1) is 11.3 Å². The van der Waals surface area contributed by atoms with Gasteiger partial charge in [0.25, 0.3) is 0 Å². The highest BCUT2D eigenvalue weighted by molar-refractivity contribution is 7.17. The molecule has 3 atom stereocenters. The van der Waals surface area contributed by atoms with Crippen LogP contribution in [0.3, 0.4) is 0 Å². The first-order chi connectivity index (χ1) is 13.0. The summed E-state index contributed by atoms with van der Waals surface area (Å²) < 4.78 is 14.2. The van der Waals surface area contributed by atoms with E-state index in [2.05, 4.69) is 47.4 Å². The fourth-order valence-electron chi connectivity index (χ4n) is 3.22. The van der Waals surface area contributed by atoms with Crippen molar-refractivity contribution in [1.29, 1.82) is 5.41 Å². The summed E-state index contributed by atoms with van der Waals surface area (Å²) in [6.45, 7) is 6.05. The van der Waals surface area contributed by atoms with Gasteiger partial charge in [-0.25, -0.2) is 4.39 Å². The van der Waals surface area contributed by atoms with Crippen LogP contribution in [0.1, 0.15) is 57.6 Å². The summed E-state index contributed by atoms with van der Waals surface area (Å²) in [5, 5.41) is 8.89. The third-order valence-corrected chi connectivity index (χ3v) is 5.70. The quantitative estimate of drug-likeness (QED) is 0.277. The van der Waals surface area contributed by atoms with Crippen molar-refractivity contribution in [3.05, 3.63) is 76.7 Å². The highest BCUT2D eigenvalue weighted by Gasteiger charge is 2.25. The zero-order valence-corrected chi connectivity index (χ0v) is 17.8. The normalized spacial score (nSPS) is 19.0. The van der Waals surface area contributed by atoms with Gasteiger partial charge in [-0.1, -0.05) is 68.5 Å². The van der Waals surface area contributed by atoms with Gasteiger partial charge in [0.1, 0.15) is 5.83 Å². The first-order valence-electron chi connectivity index (χ1n) is 9.81. The smallest absolute Gasteiger partial charge is 0.103 e. The van der Waals surface area contributed by atoms with Gasteiger partial charge < -0.3 is 0 Å². The van der Waals surface area contributed by atoms with Gasteiger partial charge in [-0.05, 0) is 54.5 Å². The first kappa shape index (κ1) is 21.5. The number of allylic oxidation sites excluding steroid dienone is 7. The molecule has 0 saturated heterocycles. The summed E-state index contributed by atoms with van der Waals surface area (Å²) in [5.41, 5.74) is 4.47. The summed E-state index contributed by atoms with van der Waals surface area (Å²) in [6.07, 6.45) is 13.6. The van der Waals surface area contributed by atoms with Crippen molar-refractivity contribution < 1.29 is 4.39 Å². The molecular formula is C24H31FNP. The monoisotopic (exact) mass is 383 g/mol. The largest absolute Gasteiger partial charge is 0.300 e. The van der Waals surface area contributed by atoms with Gasteiger partial charge in [-0.3, -0.25) is 5.41 Å². The summed E-state index contributed by atoms with van der Waals surface area (Å²) in [7, 11) is 2.83. The molecule has 0 radical (unpaired) electrons. The van der Waals surface area contributed by atoms with E-state index in [9.17, 15) is 4.39 Å². The maximum Gasteiger partial charge on any atom is 0.103 e. The molecule has 0 spiro atoms. The number of nitrogens with one attached hydrogen (secondary N) is 1. The molecule has 1 nitrogen and oxygen atoms in total. The molecule has 2 rings (SSSR count). The van der Waals surface area contributed by atoms with Crippen LogP contribution in [-0.2, 0) is 0 Å². The van der Waals surface area contributed by atoms with Crippen LogP contribution in [0.5, 0.6) is 0 Å². The Kier molecular flexibility index (Phi) is 8.38.